The summed E-state index contributed by atoms with van der Waals surface area (Å²) in [7, 11) is 1.85. The van der Waals surface area contributed by atoms with E-state index in [0.717, 1.165) is 30.2 Å². The molecule has 1 aliphatic rings. The number of nitrogens with zero attached hydrogens (tertiary/aromatic N) is 5. The molecule has 1 saturated carbocycles. The van der Waals surface area contributed by atoms with E-state index in [4.69, 9.17) is 16.6 Å². The lowest BCUT2D eigenvalue weighted by molar-refractivity contribution is 0.0925. The molecule has 0 saturated heterocycles. The van der Waals surface area contributed by atoms with Gasteiger partial charge in [0, 0.05) is 35.6 Å². The number of H-pyrrole nitrogens is 1. The molecule has 1 fully saturated rings. The van der Waals surface area contributed by atoms with Gasteiger partial charge in [0.2, 0.25) is 0 Å². The maximum Gasteiger partial charge on any atom is 0.255 e. The zero-order chi connectivity index (χ0) is 21.5. The summed E-state index contributed by atoms with van der Waals surface area (Å²) in [4.78, 5) is 25.2. The van der Waals surface area contributed by atoms with Crippen LogP contribution in [0, 0.1) is 17.2 Å². The highest BCUT2D eigenvalue weighted by molar-refractivity contribution is 6.31. The third-order valence-electron chi connectivity index (χ3n) is 5.87. The van der Waals surface area contributed by atoms with Gasteiger partial charge in [-0.1, -0.05) is 18.0 Å². The molecule has 0 radical (unpaired) electrons. The summed E-state index contributed by atoms with van der Waals surface area (Å²) in [5.41, 5.74) is 3.62. The number of rotatable bonds is 3. The first-order valence-corrected chi connectivity index (χ1v) is 10.6. The van der Waals surface area contributed by atoms with E-state index in [1.807, 2.05) is 25.2 Å². The van der Waals surface area contributed by atoms with E-state index >= 15 is 0 Å². The van der Waals surface area contributed by atoms with Crippen LogP contribution in [-0.2, 0) is 7.05 Å². The molecule has 4 aromatic rings. The molecule has 0 spiro atoms. The van der Waals surface area contributed by atoms with Crippen LogP contribution in [0.3, 0.4) is 0 Å². The molecular weight excluding hydrogens is 414 g/mol. The number of aromatic amines is 1. The third-order valence-corrected chi connectivity index (χ3v) is 6.11. The molecule has 2 N–H and O–H groups in total. The van der Waals surface area contributed by atoms with Gasteiger partial charge in [0.25, 0.3) is 5.91 Å². The lowest BCUT2D eigenvalue weighted by atomic mass is 9.86. The van der Waals surface area contributed by atoms with Crippen molar-refractivity contribution in [2.45, 2.75) is 31.7 Å². The van der Waals surface area contributed by atoms with Gasteiger partial charge in [0.05, 0.1) is 23.3 Å². The van der Waals surface area contributed by atoms with Crippen LogP contribution in [0.1, 0.15) is 36.0 Å². The van der Waals surface area contributed by atoms with Crippen LogP contribution >= 0.6 is 11.6 Å². The first-order valence-electron chi connectivity index (χ1n) is 10.2. The van der Waals surface area contributed by atoms with Crippen LogP contribution in [0.25, 0.3) is 33.5 Å². The smallest absolute Gasteiger partial charge is 0.255 e. The number of halogens is 1. The van der Waals surface area contributed by atoms with Gasteiger partial charge in [-0.3, -0.25) is 9.48 Å². The van der Waals surface area contributed by atoms with Crippen LogP contribution in [0.2, 0.25) is 5.02 Å². The second-order valence-corrected chi connectivity index (χ2v) is 8.39. The van der Waals surface area contributed by atoms with Crippen LogP contribution < -0.4 is 5.32 Å². The molecule has 3 heterocycles. The molecule has 0 bridgehead atoms. The fraction of sp³-hybridized carbons (Fsp3) is 0.318. The monoisotopic (exact) mass is 433 g/mol. The summed E-state index contributed by atoms with van der Waals surface area (Å²) in [6.07, 6.45) is 6.68. The highest BCUT2D eigenvalue weighted by Gasteiger charge is 2.25. The van der Waals surface area contributed by atoms with Crippen molar-refractivity contribution >= 4 is 39.6 Å². The molecule has 2 atom stereocenters. The van der Waals surface area contributed by atoms with Crippen molar-refractivity contribution in [2.75, 3.05) is 0 Å². The largest absolute Gasteiger partial charge is 0.349 e. The Hall–Kier alpha value is -3.44. The second-order valence-electron chi connectivity index (χ2n) is 7.95. The predicted octanol–water partition coefficient (Wildman–Crippen LogP) is 3.98. The molecule has 1 aromatic carbocycles. The second kappa shape index (κ2) is 7.67. The standard InChI is InChI=1S/C22H20ClN7O/c1-30-18-8-13(23)5-6-15(18)19(29-30)17-11-26-21-20(28-17)16(10-25-21)22(31)27-14-4-2-3-12(7-14)9-24/h5-6,8,10-12,14H,2-4,7H2,1H3,(H,25,26)(H,27,31)/t12-,14+/m1/s1. The third kappa shape index (κ3) is 3.51. The van der Waals surface area contributed by atoms with Gasteiger partial charge in [-0.05, 0) is 37.5 Å². The first-order chi connectivity index (χ1) is 15.0. The number of aryl methyl sites for hydroxylation is 1. The van der Waals surface area contributed by atoms with Crippen molar-refractivity contribution in [1.82, 2.24) is 30.0 Å². The maximum atomic E-state index is 13.0. The summed E-state index contributed by atoms with van der Waals surface area (Å²) in [5, 5.41) is 18.4. The molecule has 0 unspecified atom stereocenters. The van der Waals surface area contributed by atoms with Crippen molar-refractivity contribution in [3.63, 3.8) is 0 Å². The lowest BCUT2D eigenvalue weighted by Crippen LogP contribution is -2.38. The summed E-state index contributed by atoms with van der Waals surface area (Å²) in [5.74, 6) is -0.210. The van der Waals surface area contributed by atoms with Crippen LogP contribution in [0.5, 0.6) is 0 Å². The number of carbonyl (C=O) groups is 1. The topological polar surface area (TPSA) is 112 Å². The minimum atomic E-state index is -0.209. The van der Waals surface area contributed by atoms with E-state index in [-0.39, 0.29) is 17.9 Å². The Balaban J connectivity index is 1.49. The highest BCUT2D eigenvalue weighted by Crippen LogP contribution is 2.29. The molecule has 8 nitrogen and oxygen atoms in total. The van der Waals surface area contributed by atoms with Crippen molar-refractivity contribution in [3.8, 4) is 17.5 Å². The summed E-state index contributed by atoms with van der Waals surface area (Å²) >= 11 is 6.13. The van der Waals surface area contributed by atoms with Crippen molar-refractivity contribution < 1.29 is 4.79 Å². The number of nitrogens with one attached hydrogen (secondary N) is 2. The van der Waals surface area contributed by atoms with Gasteiger partial charge in [-0.25, -0.2) is 9.97 Å². The van der Waals surface area contributed by atoms with Crippen LogP contribution in [-0.4, -0.2) is 36.7 Å². The number of amides is 1. The molecule has 156 valence electrons. The fourth-order valence-corrected chi connectivity index (χ4v) is 4.47. The minimum Gasteiger partial charge on any atom is -0.349 e. The number of nitriles is 1. The predicted molar refractivity (Wildman–Crippen MR) is 117 cm³/mol. The first kappa shape index (κ1) is 19.5. The SMILES string of the molecule is Cn1nc(-c2cnc3[nH]cc(C(=O)N[C@H]4CCC[C@@H](C#N)C4)c3n2)c2ccc(Cl)cc21. The van der Waals surface area contributed by atoms with Crippen LogP contribution in [0.4, 0.5) is 0 Å². The Kier molecular flexibility index (Phi) is 4.83. The highest BCUT2D eigenvalue weighted by atomic mass is 35.5. The average Bonchev–Trinajstić information content (AvgIpc) is 3.34. The van der Waals surface area contributed by atoms with Gasteiger partial charge < -0.3 is 10.3 Å². The van der Waals surface area contributed by atoms with Crippen molar-refractivity contribution in [2.24, 2.45) is 13.0 Å². The zero-order valence-electron chi connectivity index (χ0n) is 16.9. The Labute approximate surface area is 183 Å². The molecule has 5 rings (SSSR count). The van der Waals surface area contributed by atoms with Gasteiger partial charge in [-0.2, -0.15) is 10.4 Å². The Morgan fingerprint density at radius 3 is 3.10 bits per heavy atom. The van der Waals surface area contributed by atoms with Crippen molar-refractivity contribution in [1.29, 1.82) is 5.26 Å². The molecule has 31 heavy (non-hydrogen) atoms. The normalized spacial score (nSPS) is 18.9. The van der Waals surface area contributed by atoms with E-state index in [1.54, 1.807) is 17.1 Å². The minimum absolute atomic E-state index is 0.000599. The van der Waals surface area contributed by atoms with E-state index in [2.05, 4.69) is 26.5 Å². The molecule has 9 heteroatoms. The molecule has 1 aliphatic carbocycles. The number of benzene rings is 1. The summed E-state index contributed by atoms with van der Waals surface area (Å²) < 4.78 is 1.75. The summed E-state index contributed by atoms with van der Waals surface area (Å²) in [6.45, 7) is 0. The van der Waals surface area contributed by atoms with E-state index < -0.39 is 0 Å². The lowest BCUT2D eigenvalue weighted by Gasteiger charge is -2.25. The van der Waals surface area contributed by atoms with Crippen LogP contribution in [0.15, 0.2) is 30.6 Å². The number of carbonyl (C=O) groups excluding carboxylic acids is 1. The molecular formula is C22H20ClN7O. The maximum absolute atomic E-state index is 13.0. The zero-order valence-corrected chi connectivity index (χ0v) is 17.6. The average molecular weight is 434 g/mol. The van der Waals surface area contributed by atoms with Gasteiger partial charge in [-0.15, -0.1) is 0 Å². The van der Waals surface area contributed by atoms with Crippen molar-refractivity contribution in [3.05, 3.63) is 41.2 Å². The number of aromatic nitrogens is 5. The molecule has 0 aliphatic heterocycles. The number of fused-ring (bicyclic) bond motifs is 2. The van der Waals surface area contributed by atoms with Gasteiger partial charge >= 0.3 is 0 Å². The fourth-order valence-electron chi connectivity index (χ4n) is 4.30. The Morgan fingerprint density at radius 1 is 1.39 bits per heavy atom. The van der Waals surface area contributed by atoms with Gasteiger partial charge in [0.1, 0.15) is 16.9 Å². The Morgan fingerprint density at radius 2 is 2.26 bits per heavy atom. The summed E-state index contributed by atoms with van der Waals surface area (Å²) in [6, 6.07) is 7.89. The molecule has 1 amide bonds. The van der Waals surface area contributed by atoms with E-state index in [1.165, 1.54) is 0 Å². The van der Waals surface area contributed by atoms with E-state index in [0.29, 0.717) is 39.6 Å². The number of hydrogen-bond acceptors (Lipinski definition) is 5. The Bertz CT molecular complexity index is 1350. The van der Waals surface area contributed by atoms with Gasteiger partial charge in [0.15, 0.2) is 5.65 Å². The van der Waals surface area contributed by atoms with E-state index in [9.17, 15) is 10.1 Å². The quantitative estimate of drug-likeness (QED) is 0.507. The molecule has 3 aromatic heterocycles. The number of hydrogen-bond donors (Lipinski definition) is 2.